The predicted molar refractivity (Wildman–Crippen MR) is 102 cm³/mol. The van der Waals surface area contributed by atoms with Crippen molar-refractivity contribution in [3.63, 3.8) is 0 Å². The van der Waals surface area contributed by atoms with Crippen LogP contribution in [0.25, 0.3) is 21.3 Å². The highest BCUT2D eigenvalue weighted by Crippen LogP contribution is 2.41. The van der Waals surface area contributed by atoms with Gasteiger partial charge in [0, 0.05) is 16.1 Å². The summed E-state index contributed by atoms with van der Waals surface area (Å²) < 4.78 is 26.8. The van der Waals surface area contributed by atoms with Gasteiger partial charge >= 0.3 is 0 Å². The number of anilines is 2. The van der Waals surface area contributed by atoms with E-state index in [-0.39, 0.29) is 16.9 Å². The second-order valence-corrected chi connectivity index (χ2v) is 7.24. The lowest BCUT2D eigenvalue weighted by atomic mass is 10.0. The highest BCUT2D eigenvalue weighted by Gasteiger charge is 2.18. The zero-order valence-electron chi connectivity index (χ0n) is 13.6. The molecule has 26 heavy (non-hydrogen) atoms. The van der Waals surface area contributed by atoms with Crippen LogP contribution in [-0.2, 0) is 0 Å². The third kappa shape index (κ3) is 3.13. The molecule has 0 fully saturated rings. The molecule has 3 nitrogen and oxygen atoms in total. The molecular weight excluding hydrogens is 376 g/mol. The molecule has 0 amide bonds. The van der Waals surface area contributed by atoms with Crippen molar-refractivity contribution in [3.05, 3.63) is 70.3 Å². The van der Waals surface area contributed by atoms with Gasteiger partial charge in [0.15, 0.2) is 0 Å². The van der Waals surface area contributed by atoms with Crippen molar-refractivity contribution in [1.29, 1.82) is 0 Å². The molecule has 0 aliphatic rings. The molecule has 2 aromatic carbocycles. The largest absolute Gasteiger partial charge is 0.339 e. The Balaban J connectivity index is 1.93. The summed E-state index contributed by atoms with van der Waals surface area (Å²) >= 11 is 7.55. The molecule has 0 saturated carbocycles. The minimum atomic E-state index is -0.355. The average Bonchev–Trinajstić information content (AvgIpc) is 2.91. The number of aromatic nitrogens is 2. The van der Waals surface area contributed by atoms with Gasteiger partial charge in [0.2, 0.25) is 5.28 Å². The van der Waals surface area contributed by atoms with E-state index in [9.17, 15) is 8.78 Å². The fraction of sp³-hybridized carbons (Fsp3) is 0.0526. The van der Waals surface area contributed by atoms with Crippen molar-refractivity contribution in [3.8, 4) is 11.1 Å². The van der Waals surface area contributed by atoms with Crippen LogP contribution < -0.4 is 5.32 Å². The quantitative estimate of drug-likeness (QED) is 0.417. The Labute approximate surface area is 157 Å². The van der Waals surface area contributed by atoms with E-state index in [1.165, 1.54) is 35.6 Å². The fourth-order valence-electron chi connectivity index (χ4n) is 2.84. The molecule has 2 aromatic heterocycles. The normalized spacial score (nSPS) is 11.1. The van der Waals surface area contributed by atoms with Crippen molar-refractivity contribution in [2.45, 2.75) is 6.92 Å². The van der Waals surface area contributed by atoms with Crippen molar-refractivity contribution in [2.75, 3.05) is 5.32 Å². The summed E-state index contributed by atoms with van der Waals surface area (Å²) in [6.45, 7) is 1.96. The van der Waals surface area contributed by atoms with E-state index in [1.807, 2.05) is 6.92 Å². The number of rotatable bonds is 3. The summed E-state index contributed by atoms with van der Waals surface area (Å²) in [5, 5.41) is 3.99. The van der Waals surface area contributed by atoms with Crippen LogP contribution in [-0.4, -0.2) is 9.97 Å². The van der Waals surface area contributed by atoms with Crippen LogP contribution in [0.1, 0.15) is 4.88 Å². The minimum absolute atomic E-state index is 0.100. The second-order valence-electron chi connectivity index (χ2n) is 5.70. The standard InChI is InChI=1S/C19H12ClF2N3S/c1-10-15(11-5-7-12(21)8-6-11)16-17(24-19(20)25-18(16)26-10)23-14-4-2-3-13(22)9-14/h2-9H,1H3,(H,23,24,25). The van der Waals surface area contributed by atoms with E-state index in [4.69, 9.17) is 11.6 Å². The number of halogens is 3. The topological polar surface area (TPSA) is 37.8 Å². The Hall–Kier alpha value is -2.57. The molecule has 2 heterocycles. The number of nitrogens with one attached hydrogen (secondary N) is 1. The van der Waals surface area contributed by atoms with Gasteiger partial charge in [-0.05, 0) is 54.4 Å². The van der Waals surface area contributed by atoms with Crippen LogP contribution in [0.3, 0.4) is 0 Å². The molecule has 130 valence electrons. The molecular formula is C19H12ClF2N3S. The van der Waals surface area contributed by atoms with Crippen LogP contribution in [0, 0.1) is 18.6 Å². The summed E-state index contributed by atoms with van der Waals surface area (Å²) in [6.07, 6.45) is 0. The Morgan fingerprint density at radius 3 is 2.50 bits per heavy atom. The first kappa shape index (κ1) is 16.9. The lowest BCUT2D eigenvalue weighted by Crippen LogP contribution is -1.97. The van der Waals surface area contributed by atoms with E-state index in [2.05, 4.69) is 15.3 Å². The summed E-state index contributed by atoms with van der Waals surface area (Å²) in [7, 11) is 0. The zero-order valence-corrected chi connectivity index (χ0v) is 15.1. The first-order valence-electron chi connectivity index (χ1n) is 7.76. The second kappa shape index (κ2) is 6.63. The molecule has 0 aliphatic heterocycles. The maximum Gasteiger partial charge on any atom is 0.225 e. The Bertz CT molecular complexity index is 1110. The number of thiophene rings is 1. The van der Waals surface area contributed by atoms with Gasteiger partial charge < -0.3 is 5.32 Å². The van der Waals surface area contributed by atoms with E-state index in [0.717, 1.165) is 21.4 Å². The third-order valence-corrected chi connectivity index (χ3v) is 5.09. The lowest BCUT2D eigenvalue weighted by molar-refractivity contribution is 0.628. The Morgan fingerprint density at radius 1 is 1.00 bits per heavy atom. The molecule has 4 rings (SSSR count). The third-order valence-electron chi connectivity index (χ3n) is 3.92. The van der Waals surface area contributed by atoms with Crippen molar-refractivity contribution >= 4 is 44.7 Å². The molecule has 4 aromatic rings. The zero-order chi connectivity index (χ0) is 18.3. The first-order chi connectivity index (χ1) is 12.5. The minimum Gasteiger partial charge on any atom is -0.339 e. The van der Waals surface area contributed by atoms with Crippen molar-refractivity contribution < 1.29 is 8.78 Å². The van der Waals surface area contributed by atoms with Crippen LogP contribution in [0.4, 0.5) is 20.3 Å². The van der Waals surface area contributed by atoms with Gasteiger partial charge in [-0.25, -0.2) is 13.8 Å². The molecule has 0 atom stereocenters. The summed E-state index contributed by atoms with van der Waals surface area (Å²) in [5.41, 5.74) is 2.30. The van der Waals surface area contributed by atoms with Gasteiger partial charge in [0.1, 0.15) is 22.3 Å². The smallest absolute Gasteiger partial charge is 0.225 e. The summed E-state index contributed by atoms with van der Waals surface area (Å²) in [6, 6.07) is 12.3. The van der Waals surface area contributed by atoms with Gasteiger partial charge in [-0.1, -0.05) is 18.2 Å². The first-order valence-corrected chi connectivity index (χ1v) is 8.96. The summed E-state index contributed by atoms with van der Waals surface area (Å²) in [5.74, 6) is -0.177. The maximum absolute atomic E-state index is 13.5. The van der Waals surface area contributed by atoms with Gasteiger partial charge in [-0.3, -0.25) is 0 Å². The SMILES string of the molecule is Cc1sc2nc(Cl)nc(Nc3cccc(F)c3)c2c1-c1ccc(F)cc1. The van der Waals surface area contributed by atoms with Crippen LogP contribution >= 0.6 is 22.9 Å². The molecule has 0 saturated heterocycles. The maximum atomic E-state index is 13.5. The fourth-order valence-corrected chi connectivity index (χ4v) is 4.11. The van der Waals surface area contributed by atoms with Crippen LogP contribution in [0.2, 0.25) is 5.28 Å². The molecule has 0 bridgehead atoms. The Morgan fingerprint density at radius 2 is 1.77 bits per heavy atom. The number of aryl methyl sites for hydroxylation is 1. The van der Waals surface area contributed by atoms with Crippen LogP contribution in [0.15, 0.2) is 48.5 Å². The number of benzene rings is 2. The monoisotopic (exact) mass is 387 g/mol. The molecule has 0 spiro atoms. The predicted octanol–water partition coefficient (Wildman–Crippen LogP) is 6.34. The van der Waals surface area contributed by atoms with E-state index in [0.29, 0.717) is 16.3 Å². The van der Waals surface area contributed by atoms with Gasteiger partial charge in [0.05, 0.1) is 5.39 Å². The highest BCUT2D eigenvalue weighted by molar-refractivity contribution is 7.19. The van der Waals surface area contributed by atoms with E-state index < -0.39 is 0 Å². The van der Waals surface area contributed by atoms with Gasteiger partial charge in [-0.15, -0.1) is 11.3 Å². The van der Waals surface area contributed by atoms with Crippen molar-refractivity contribution in [1.82, 2.24) is 9.97 Å². The number of hydrogen-bond donors (Lipinski definition) is 1. The molecule has 0 aliphatic carbocycles. The molecule has 0 unspecified atom stereocenters. The molecule has 7 heteroatoms. The highest BCUT2D eigenvalue weighted by atomic mass is 35.5. The lowest BCUT2D eigenvalue weighted by Gasteiger charge is -2.10. The summed E-state index contributed by atoms with van der Waals surface area (Å²) in [4.78, 5) is 10.3. The van der Waals surface area contributed by atoms with Gasteiger partial charge in [0.25, 0.3) is 0 Å². The van der Waals surface area contributed by atoms with Gasteiger partial charge in [-0.2, -0.15) is 4.98 Å². The van der Waals surface area contributed by atoms with Crippen LogP contribution in [0.5, 0.6) is 0 Å². The average molecular weight is 388 g/mol. The number of fused-ring (bicyclic) bond motifs is 1. The van der Waals surface area contributed by atoms with E-state index >= 15 is 0 Å². The number of nitrogens with zero attached hydrogens (tertiary/aromatic N) is 2. The van der Waals surface area contributed by atoms with Crippen molar-refractivity contribution in [2.24, 2.45) is 0 Å². The number of hydrogen-bond acceptors (Lipinski definition) is 4. The molecule has 0 radical (unpaired) electrons. The van der Waals surface area contributed by atoms with E-state index in [1.54, 1.807) is 24.3 Å². The Kier molecular flexibility index (Phi) is 4.30. The molecule has 1 N–H and O–H groups in total.